The number of hydrogen-bond donors (Lipinski definition) is 1. The molecule has 0 spiro atoms. The van der Waals surface area contributed by atoms with Crippen molar-refractivity contribution in [1.29, 1.82) is 0 Å². The highest BCUT2D eigenvalue weighted by Gasteiger charge is 2.10. The van der Waals surface area contributed by atoms with Gasteiger partial charge in [0.15, 0.2) is 5.82 Å². The molecule has 1 aromatic carbocycles. The highest BCUT2D eigenvalue weighted by atomic mass is 79.9. The van der Waals surface area contributed by atoms with Gasteiger partial charge in [-0.1, -0.05) is 23.8 Å². The lowest BCUT2D eigenvalue weighted by Crippen LogP contribution is -1.93. The van der Waals surface area contributed by atoms with Gasteiger partial charge in [-0.15, -0.1) is 0 Å². The number of halogens is 1. The van der Waals surface area contributed by atoms with Crippen LogP contribution in [-0.4, -0.2) is 15.0 Å². The van der Waals surface area contributed by atoms with Crippen LogP contribution >= 0.6 is 15.9 Å². The third kappa shape index (κ3) is 1.82. The van der Waals surface area contributed by atoms with E-state index >= 15 is 0 Å². The van der Waals surface area contributed by atoms with E-state index in [4.69, 9.17) is 0 Å². The number of H-pyrrole nitrogens is 1. The fourth-order valence-electron chi connectivity index (χ4n) is 2.08. The minimum absolute atomic E-state index is 0.762. The van der Waals surface area contributed by atoms with E-state index in [1.807, 2.05) is 25.3 Å². The average Bonchev–Trinajstić information content (AvgIpc) is 2.71. The molecule has 0 aliphatic rings. The molecule has 2 heterocycles. The third-order valence-corrected chi connectivity index (χ3v) is 3.57. The zero-order chi connectivity index (χ0) is 12.7. The van der Waals surface area contributed by atoms with Gasteiger partial charge in [0.05, 0.1) is 11.1 Å². The number of nitrogens with one attached hydrogen (secondary N) is 1. The average molecular weight is 302 g/mol. The van der Waals surface area contributed by atoms with Crippen molar-refractivity contribution in [2.45, 2.75) is 13.8 Å². The first-order chi connectivity index (χ1) is 8.65. The van der Waals surface area contributed by atoms with Gasteiger partial charge in [-0.3, -0.25) is 0 Å². The van der Waals surface area contributed by atoms with Crippen molar-refractivity contribution in [2.24, 2.45) is 0 Å². The van der Waals surface area contributed by atoms with Crippen LogP contribution in [-0.2, 0) is 0 Å². The van der Waals surface area contributed by atoms with Crippen molar-refractivity contribution < 1.29 is 0 Å². The van der Waals surface area contributed by atoms with E-state index in [0.717, 1.165) is 32.6 Å². The molecule has 3 nitrogen and oxygen atoms in total. The Morgan fingerprint density at radius 3 is 2.78 bits per heavy atom. The molecule has 3 aromatic rings. The van der Waals surface area contributed by atoms with Gasteiger partial charge in [-0.25, -0.2) is 9.97 Å². The summed E-state index contributed by atoms with van der Waals surface area (Å²) in [4.78, 5) is 12.3. The van der Waals surface area contributed by atoms with E-state index in [9.17, 15) is 0 Å². The molecule has 3 rings (SSSR count). The van der Waals surface area contributed by atoms with E-state index in [1.165, 1.54) is 5.56 Å². The largest absolute Gasteiger partial charge is 0.345 e. The summed E-state index contributed by atoms with van der Waals surface area (Å²) in [5.74, 6) is 0.762. The van der Waals surface area contributed by atoms with Crippen LogP contribution in [0.3, 0.4) is 0 Å². The lowest BCUT2D eigenvalue weighted by atomic mass is 10.1. The number of aromatic nitrogens is 3. The quantitative estimate of drug-likeness (QED) is 0.738. The molecule has 0 unspecified atom stereocenters. The normalized spacial score (nSPS) is 11.1. The van der Waals surface area contributed by atoms with Crippen LogP contribution in [0.5, 0.6) is 0 Å². The van der Waals surface area contributed by atoms with Gasteiger partial charge in [0, 0.05) is 16.2 Å². The zero-order valence-electron chi connectivity index (χ0n) is 10.2. The van der Waals surface area contributed by atoms with Crippen molar-refractivity contribution in [3.8, 4) is 11.4 Å². The molecular weight excluding hydrogens is 290 g/mol. The molecule has 0 saturated heterocycles. The SMILES string of the molecule is Cc1cccc(-c2nc(C)c3c(Br)c[nH]c3n2)c1. The Kier molecular flexibility index (Phi) is 2.67. The monoisotopic (exact) mass is 301 g/mol. The second-order valence-corrected chi connectivity index (χ2v) is 5.22. The summed E-state index contributed by atoms with van der Waals surface area (Å²) >= 11 is 3.50. The van der Waals surface area contributed by atoms with Gasteiger partial charge in [0.25, 0.3) is 0 Å². The molecule has 0 aliphatic heterocycles. The molecule has 0 aliphatic carbocycles. The Morgan fingerprint density at radius 2 is 2.00 bits per heavy atom. The summed E-state index contributed by atoms with van der Waals surface area (Å²) in [7, 11) is 0. The van der Waals surface area contributed by atoms with E-state index < -0.39 is 0 Å². The van der Waals surface area contributed by atoms with E-state index in [2.05, 4.69) is 49.9 Å². The predicted octanol–water partition coefficient (Wildman–Crippen LogP) is 4.00. The molecule has 0 amide bonds. The maximum atomic E-state index is 4.58. The second kappa shape index (κ2) is 4.21. The number of aromatic amines is 1. The number of benzene rings is 1. The molecule has 0 saturated carbocycles. The summed E-state index contributed by atoms with van der Waals surface area (Å²) in [6.45, 7) is 4.07. The molecule has 0 radical (unpaired) electrons. The van der Waals surface area contributed by atoms with Crippen molar-refractivity contribution >= 4 is 27.0 Å². The number of hydrogen-bond acceptors (Lipinski definition) is 2. The summed E-state index contributed by atoms with van der Waals surface area (Å²) in [6, 6.07) is 8.22. The van der Waals surface area contributed by atoms with Crippen LogP contribution in [0.2, 0.25) is 0 Å². The predicted molar refractivity (Wildman–Crippen MR) is 76.5 cm³/mol. The van der Waals surface area contributed by atoms with E-state index in [0.29, 0.717) is 0 Å². The van der Waals surface area contributed by atoms with Gasteiger partial charge in [0.2, 0.25) is 0 Å². The molecule has 0 fully saturated rings. The molecule has 90 valence electrons. The van der Waals surface area contributed by atoms with E-state index in [1.54, 1.807) is 0 Å². The third-order valence-electron chi connectivity index (χ3n) is 2.94. The van der Waals surface area contributed by atoms with Crippen molar-refractivity contribution in [2.75, 3.05) is 0 Å². The Labute approximate surface area is 113 Å². The van der Waals surface area contributed by atoms with Crippen molar-refractivity contribution in [3.05, 3.63) is 46.2 Å². The van der Waals surface area contributed by atoms with Crippen LogP contribution in [0.1, 0.15) is 11.3 Å². The maximum absolute atomic E-state index is 4.58. The number of rotatable bonds is 1. The van der Waals surface area contributed by atoms with Crippen LogP contribution in [0, 0.1) is 13.8 Å². The number of nitrogens with zero attached hydrogens (tertiary/aromatic N) is 2. The summed E-state index contributed by atoms with van der Waals surface area (Å²) in [5, 5.41) is 1.05. The Hall–Kier alpha value is -1.68. The fourth-order valence-corrected chi connectivity index (χ4v) is 2.67. The Bertz CT molecular complexity index is 731. The standard InChI is InChI=1S/C14H12BrN3/c1-8-4-3-5-10(6-8)13-17-9(2)12-11(15)7-16-14(12)18-13/h3-7H,1-2H3,(H,16,17,18). The first-order valence-electron chi connectivity index (χ1n) is 5.73. The molecule has 4 heteroatoms. The van der Waals surface area contributed by atoms with E-state index in [-0.39, 0.29) is 0 Å². The first-order valence-corrected chi connectivity index (χ1v) is 6.53. The topological polar surface area (TPSA) is 41.6 Å². The number of aryl methyl sites for hydroxylation is 2. The second-order valence-electron chi connectivity index (χ2n) is 4.36. The molecule has 1 N–H and O–H groups in total. The Morgan fingerprint density at radius 1 is 1.17 bits per heavy atom. The molecule has 0 bridgehead atoms. The number of fused-ring (bicyclic) bond motifs is 1. The highest BCUT2D eigenvalue weighted by molar-refractivity contribution is 9.10. The molecule has 0 atom stereocenters. The Balaban J connectivity index is 2.25. The molecular formula is C14H12BrN3. The minimum atomic E-state index is 0.762. The molecule has 18 heavy (non-hydrogen) atoms. The summed E-state index contributed by atoms with van der Waals surface area (Å²) < 4.78 is 1.01. The van der Waals surface area contributed by atoms with Crippen molar-refractivity contribution in [1.82, 2.24) is 15.0 Å². The van der Waals surface area contributed by atoms with Crippen LogP contribution in [0.4, 0.5) is 0 Å². The fraction of sp³-hybridized carbons (Fsp3) is 0.143. The highest BCUT2D eigenvalue weighted by Crippen LogP contribution is 2.27. The molecule has 2 aromatic heterocycles. The van der Waals surface area contributed by atoms with Gasteiger partial charge in [-0.05, 0) is 35.8 Å². The first kappa shape index (κ1) is 11.4. The maximum Gasteiger partial charge on any atom is 0.161 e. The van der Waals surface area contributed by atoms with Gasteiger partial charge in [-0.2, -0.15) is 0 Å². The summed E-state index contributed by atoms with van der Waals surface area (Å²) in [5.41, 5.74) is 4.10. The van der Waals surface area contributed by atoms with Gasteiger partial charge >= 0.3 is 0 Å². The van der Waals surface area contributed by atoms with Gasteiger partial charge in [0.1, 0.15) is 5.65 Å². The smallest absolute Gasteiger partial charge is 0.161 e. The zero-order valence-corrected chi connectivity index (χ0v) is 11.7. The minimum Gasteiger partial charge on any atom is -0.345 e. The summed E-state index contributed by atoms with van der Waals surface area (Å²) in [6.07, 6.45) is 1.90. The van der Waals surface area contributed by atoms with Gasteiger partial charge < -0.3 is 4.98 Å². The van der Waals surface area contributed by atoms with Crippen LogP contribution < -0.4 is 0 Å². The van der Waals surface area contributed by atoms with Crippen molar-refractivity contribution in [3.63, 3.8) is 0 Å². The van der Waals surface area contributed by atoms with Crippen LogP contribution in [0.25, 0.3) is 22.4 Å². The lowest BCUT2D eigenvalue weighted by Gasteiger charge is -2.04. The van der Waals surface area contributed by atoms with Crippen LogP contribution in [0.15, 0.2) is 34.9 Å². The lowest BCUT2D eigenvalue weighted by molar-refractivity contribution is 1.15.